The minimum Gasteiger partial charge on any atom is -0.460 e. The van der Waals surface area contributed by atoms with Crippen LogP contribution in [0.15, 0.2) is 36.2 Å². The van der Waals surface area contributed by atoms with E-state index in [1.807, 2.05) is 0 Å². The van der Waals surface area contributed by atoms with E-state index >= 15 is 0 Å². The molecule has 0 atom stereocenters. The van der Waals surface area contributed by atoms with Crippen molar-refractivity contribution in [1.29, 1.82) is 0 Å². The molecule has 0 amide bonds. The number of ether oxygens (including phenoxy) is 1. The third-order valence-electron chi connectivity index (χ3n) is 5.42. The number of benzene rings is 1. The van der Waals surface area contributed by atoms with E-state index in [-0.39, 0.29) is 11.9 Å². The predicted octanol–water partition coefficient (Wildman–Crippen LogP) is 3.15. The minimum atomic E-state index is 0.144. The number of rotatable bonds is 4. The largest absolute Gasteiger partial charge is 0.460 e. The molecule has 140 valence electrons. The molecule has 1 saturated heterocycles. The molecule has 0 spiro atoms. The Hall–Kier alpha value is -2.53. The standard InChI is InChI=1S/C22H25N3O2/c1-15-10-16(2)20-13-21(26)18(12-17(20)11-15)14-25-8-4-19(5-9-25)27-22-23-6-3-7-24-22/h3,6-7,10-12,19H,4-5,8-9,13-14H2,1-2H3. The second-order valence-electron chi connectivity index (χ2n) is 7.54. The summed E-state index contributed by atoms with van der Waals surface area (Å²) in [7, 11) is 0. The first kappa shape index (κ1) is 17.9. The second kappa shape index (κ2) is 7.61. The molecule has 1 aromatic heterocycles. The lowest BCUT2D eigenvalue weighted by Gasteiger charge is -2.32. The summed E-state index contributed by atoms with van der Waals surface area (Å²) >= 11 is 0. The molecule has 1 aliphatic heterocycles. The summed E-state index contributed by atoms with van der Waals surface area (Å²) in [6.07, 6.45) is 8.01. The van der Waals surface area contributed by atoms with Gasteiger partial charge in [0.1, 0.15) is 6.10 Å². The maximum absolute atomic E-state index is 12.6. The Kier molecular flexibility index (Phi) is 5.03. The second-order valence-corrected chi connectivity index (χ2v) is 7.54. The Morgan fingerprint density at radius 1 is 1.15 bits per heavy atom. The first-order chi connectivity index (χ1) is 13.1. The van der Waals surface area contributed by atoms with Gasteiger partial charge in [-0.15, -0.1) is 0 Å². The van der Waals surface area contributed by atoms with Crippen LogP contribution < -0.4 is 4.74 Å². The molecule has 1 aromatic carbocycles. The molecule has 2 aromatic rings. The monoisotopic (exact) mass is 363 g/mol. The Labute approximate surface area is 160 Å². The smallest absolute Gasteiger partial charge is 0.316 e. The van der Waals surface area contributed by atoms with Gasteiger partial charge in [0, 0.05) is 44.0 Å². The van der Waals surface area contributed by atoms with Crippen LogP contribution in [0.4, 0.5) is 0 Å². The highest BCUT2D eigenvalue weighted by atomic mass is 16.5. The SMILES string of the molecule is Cc1cc(C)c2c(c1)C=C(CN1CCC(Oc3ncccn3)CC1)C(=O)C2. The molecule has 0 unspecified atom stereocenters. The van der Waals surface area contributed by atoms with Crippen LogP contribution in [0.3, 0.4) is 0 Å². The Morgan fingerprint density at radius 2 is 1.89 bits per heavy atom. The highest BCUT2D eigenvalue weighted by Crippen LogP contribution is 2.27. The first-order valence-electron chi connectivity index (χ1n) is 9.58. The summed E-state index contributed by atoms with van der Waals surface area (Å²) in [5.74, 6) is 0.255. The van der Waals surface area contributed by atoms with Gasteiger partial charge >= 0.3 is 6.01 Å². The molecule has 0 bridgehead atoms. The molecule has 2 aliphatic rings. The number of carbonyl (C=O) groups is 1. The van der Waals surface area contributed by atoms with Gasteiger partial charge in [0.05, 0.1) is 0 Å². The Bertz CT molecular complexity index is 869. The highest BCUT2D eigenvalue weighted by molar-refractivity contribution is 6.04. The molecular weight excluding hydrogens is 338 g/mol. The van der Waals surface area contributed by atoms with E-state index in [1.165, 1.54) is 22.3 Å². The number of ketones is 1. The molecule has 27 heavy (non-hydrogen) atoms. The van der Waals surface area contributed by atoms with Crippen LogP contribution in [0.5, 0.6) is 6.01 Å². The normalized spacial score (nSPS) is 18.1. The number of nitrogens with zero attached hydrogens (tertiary/aromatic N) is 3. The molecular formula is C22H25N3O2. The van der Waals surface area contributed by atoms with E-state index in [1.54, 1.807) is 18.5 Å². The van der Waals surface area contributed by atoms with E-state index in [4.69, 9.17) is 4.74 Å². The summed E-state index contributed by atoms with van der Waals surface area (Å²) in [6.45, 7) is 6.76. The van der Waals surface area contributed by atoms with Crippen molar-refractivity contribution >= 4 is 11.9 Å². The van der Waals surface area contributed by atoms with Gasteiger partial charge in [0.15, 0.2) is 5.78 Å². The van der Waals surface area contributed by atoms with Crippen LogP contribution in [0, 0.1) is 13.8 Å². The van der Waals surface area contributed by atoms with E-state index in [0.717, 1.165) is 38.0 Å². The fraction of sp³-hybridized carbons (Fsp3) is 0.409. The lowest BCUT2D eigenvalue weighted by molar-refractivity contribution is -0.115. The zero-order valence-electron chi connectivity index (χ0n) is 15.9. The number of aryl methyl sites for hydroxylation is 2. The number of hydrogen-bond acceptors (Lipinski definition) is 5. The molecule has 1 fully saturated rings. The van der Waals surface area contributed by atoms with Crippen molar-refractivity contribution in [2.75, 3.05) is 19.6 Å². The van der Waals surface area contributed by atoms with Crippen LogP contribution in [0.25, 0.3) is 6.08 Å². The summed E-state index contributed by atoms with van der Waals surface area (Å²) in [4.78, 5) is 23.2. The number of piperidine rings is 1. The van der Waals surface area contributed by atoms with Crippen molar-refractivity contribution in [1.82, 2.24) is 14.9 Å². The number of Topliss-reactive ketones (excluding diaryl/α,β-unsaturated/α-hetero) is 1. The predicted molar refractivity (Wildman–Crippen MR) is 105 cm³/mol. The van der Waals surface area contributed by atoms with E-state index < -0.39 is 0 Å². The van der Waals surface area contributed by atoms with E-state index in [9.17, 15) is 4.79 Å². The van der Waals surface area contributed by atoms with Gasteiger partial charge in [-0.3, -0.25) is 9.69 Å². The molecule has 2 heterocycles. The van der Waals surface area contributed by atoms with Crippen molar-refractivity contribution in [3.05, 3.63) is 58.4 Å². The number of likely N-dealkylation sites (tertiary alicyclic amines) is 1. The number of hydrogen-bond donors (Lipinski definition) is 0. The van der Waals surface area contributed by atoms with Gasteiger partial charge in [-0.05, 0) is 55.5 Å². The Morgan fingerprint density at radius 3 is 2.63 bits per heavy atom. The van der Waals surface area contributed by atoms with Gasteiger partial charge in [-0.1, -0.05) is 17.7 Å². The van der Waals surface area contributed by atoms with Gasteiger partial charge in [0.2, 0.25) is 0 Å². The first-order valence-corrected chi connectivity index (χ1v) is 9.58. The lowest BCUT2D eigenvalue weighted by atomic mass is 9.87. The molecule has 0 radical (unpaired) electrons. The third-order valence-corrected chi connectivity index (χ3v) is 5.42. The van der Waals surface area contributed by atoms with Gasteiger partial charge in [-0.2, -0.15) is 0 Å². The van der Waals surface area contributed by atoms with Crippen LogP contribution >= 0.6 is 0 Å². The fourth-order valence-corrected chi connectivity index (χ4v) is 4.00. The Balaban J connectivity index is 1.38. The van der Waals surface area contributed by atoms with Crippen LogP contribution in [-0.4, -0.2) is 46.4 Å². The average molecular weight is 363 g/mol. The molecule has 5 nitrogen and oxygen atoms in total. The van der Waals surface area contributed by atoms with Crippen molar-refractivity contribution in [3.63, 3.8) is 0 Å². The minimum absolute atomic E-state index is 0.144. The van der Waals surface area contributed by atoms with Crippen LogP contribution in [0.2, 0.25) is 0 Å². The van der Waals surface area contributed by atoms with Gasteiger partial charge in [-0.25, -0.2) is 9.97 Å². The molecule has 0 N–H and O–H groups in total. The van der Waals surface area contributed by atoms with E-state index in [0.29, 0.717) is 12.4 Å². The molecule has 0 saturated carbocycles. The number of fused-ring (bicyclic) bond motifs is 1. The molecule has 4 rings (SSSR count). The lowest BCUT2D eigenvalue weighted by Crippen LogP contribution is -2.40. The van der Waals surface area contributed by atoms with Gasteiger partial charge in [0.25, 0.3) is 0 Å². The fourth-order valence-electron chi connectivity index (χ4n) is 4.00. The molecule has 1 aliphatic carbocycles. The van der Waals surface area contributed by atoms with Crippen molar-refractivity contribution < 1.29 is 9.53 Å². The number of aromatic nitrogens is 2. The summed E-state index contributed by atoms with van der Waals surface area (Å²) in [5.41, 5.74) is 5.79. The van der Waals surface area contributed by atoms with Crippen LogP contribution in [0.1, 0.15) is 35.1 Å². The number of carbonyl (C=O) groups excluding carboxylic acids is 1. The van der Waals surface area contributed by atoms with Crippen molar-refractivity contribution in [2.24, 2.45) is 0 Å². The van der Waals surface area contributed by atoms with Crippen molar-refractivity contribution in [3.8, 4) is 6.01 Å². The van der Waals surface area contributed by atoms with Gasteiger partial charge < -0.3 is 4.74 Å². The summed E-state index contributed by atoms with van der Waals surface area (Å²) < 4.78 is 5.86. The zero-order valence-corrected chi connectivity index (χ0v) is 15.9. The zero-order chi connectivity index (χ0) is 18.8. The highest BCUT2D eigenvalue weighted by Gasteiger charge is 2.25. The average Bonchev–Trinajstić information content (AvgIpc) is 2.65. The van der Waals surface area contributed by atoms with Crippen molar-refractivity contribution in [2.45, 2.75) is 39.2 Å². The summed E-state index contributed by atoms with van der Waals surface area (Å²) in [6, 6.07) is 6.58. The maximum Gasteiger partial charge on any atom is 0.316 e. The van der Waals surface area contributed by atoms with E-state index in [2.05, 4.69) is 46.9 Å². The molecule has 5 heteroatoms. The topological polar surface area (TPSA) is 55.3 Å². The quantitative estimate of drug-likeness (QED) is 0.835. The van der Waals surface area contributed by atoms with Crippen LogP contribution in [-0.2, 0) is 11.2 Å². The summed E-state index contributed by atoms with van der Waals surface area (Å²) in [5, 5.41) is 0. The maximum atomic E-state index is 12.6. The third kappa shape index (κ3) is 4.08.